The SMILES string of the molecule is CCC(C)CCCCC(=O)N[C@@H](CCN)C(=O)N[C@H](C(=O)N[C@@H](CCN)C(=O)N[C@H]1CCNC(=O)[C@H]([C@@H](C)O)NC(=O)[C@H](CCN)NC(=O)[C@H](CCN)NC(=O)[C@H](CC(C)C)NC(=O)[C@@H](CC(C)C)NC(=O)[C@H](CCN)NC1=O)[C@@H](C)O.CO[C@H]1/C=C/O[C@@]2(C)Oc3c(C)c(O)c4c(O)c(c(/C=N\N5CCN(C)CC5)c(O)c4c3C2=O)NC(=O)/C(C)=C\C=C\[C@@H](C)[C@H](O)[C@@H](C)[C@H](O)[C@@H](C)[C@H](OC(C)=O)[C@@H]1C. The summed E-state index contributed by atoms with van der Waals surface area (Å²) >= 11 is 0. The number of ether oxygens (including phenoxy) is 4. The third kappa shape index (κ3) is 34.8. The van der Waals surface area contributed by atoms with Gasteiger partial charge in [0.1, 0.15) is 83.8 Å². The number of Topliss-reactive ketones (excluding diaryl/α,β-unsaturated/α-hetero) is 1. The van der Waals surface area contributed by atoms with Gasteiger partial charge in [0.15, 0.2) is 5.75 Å². The summed E-state index contributed by atoms with van der Waals surface area (Å²) < 4.78 is 23.6. The number of likely N-dealkylation sites (N-methyl/N-ethyl adjacent to an activating group) is 1. The Bertz CT molecular complexity index is 4720. The number of nitrogens with two attached hydrogens (primary N) is 5. The highest BCUT2D eigenvalue weighted by molar-refractivity contribution is 6.24. The lowest BCUT2D eigenvalue weighted by Crippen LogP contribution is -2.62. The molecule has 0 aromatic heterocycles. The van der Waals surface area contributed by atoms with Crippen molar-refractivity contribution in [2.24, 2.45) is 75.2 Å². The molecule has 141 heavy (non-hydrogen) atoms. The number of rotatable bonds is 33. The first-order valence-corrected chi connectivity index (χ1v) is 48.6. The Kier molecular flexibility index (Phi) is 49.2. The number of amides is 12. The van der Waals surface area contributed by atoms with Crippen molar-refractivity contribution in [3.8, 4) is 23.0 Å². The molecular formula is C96H158N20O25. The molecule has 45 nitrogen and oxygen atoms in total. The number of unbranched alkanes of at least 4 members (excludes halogenated alkanes) is 1. The maximum atomic E-state index is 14.4. The highest BCUT2D eigenvalue weighted by atomic mass is 16.7. The molecule has 0 radical (unpaired) electrons. The number of aliphatic hydroxyl groups is 4. The summed E-state index contributed by atoms with van der Waals surface area (Å²) in [4.78, 5) is 195. The fourth-order valence-corrected chi connectivity index (χ4v) is 16.7. The molecule has 792 valence electrons. The number of nitrogens with zero attached hydrogens (tertiary/aromatic N) is 3. The summed E-state index contributed by atoms with van der Waals surface area (Å²) in [5, 5.41) is 116. The first-order chi connectivity index (χ1) is 66.4. The van der Waals surface area contributed by atoms with Crippen LogP contribution >= 0.6 is 0 Å². The van der Waals surface area contributed by atoms with Crippen molar-refractivity contribution in [2.45, 2.75) is 297 Å². The number of hydrogen-bond donors (Lipinski definition) is 24. The molecule has 2 fully saturated rings. The Morgan fingerprint density at radius 3 is 1.67 bits per heavy atom. The molecule has 5 heterocycles. The highest BCUT2D eigenvalue weighted by Gasteiger charge is 2.51. The number of fused-ring (bicyclic) bond motifs is 14. The average molecular weight is 1990 g/mol. The molecule has 2 saturated heterocycles. The monoisotopic (exact) mass is 1990 g/mol. The van der Waals surface area contributed by atoms with Gasteiger partial charge in [0.25, 0.3) is 11.7 Å². The fraction of sp³-hybridized carbons (Fsp3) is 0.677. The number of ketones is 1. The number of aromatic hydroxyl groups is 3. The molecule has 2 aromatic carbocycles. The number of aliphatic hydroxyl groups excluding tert-OH is 4. The second-order valence-electron chi connectivity index (χ2n) is 38.1. The molecule has 7 rings (SSSR count). The van der Waals surface area contributed by atoms with E-state index in [4.69, 9.17) is 47.6 Å². The number of phenolic OH excluding ortho intramolecular Hbond substituents is 3. The van der Waals surface area contributed by atoms with E-state index in [0.717, 1.165) is 32.4 Å². The lowest BCUT2D eigenvalue weighted by atomic mass is 9.78. The van der Waals surface area contributed by atoms with Crippen molar-refractivity contribution in [1.82, 2.24) is 68.4 Å². The Balaban J connectivity index is 0.000000522. The fourth-order valence-electron chi connectivity index (χ4n) is 16.7. The Morgan fingerprint density at radius 1 is 0.631 bits per heavy atom. The van der Waals surface area contributed by atoms with Gasteiger partial charge in [-0.15, -0.1) is 0 Å². The number of esters is 1. The molecule has 5 bridgehead atoms. The van der Waals surface area contributed by atoms with Crippen LogP contribution in [-0.2, 0) is 76.5 Å². The third-order valence-electron chi connectivity index (χ3n) is 25.5. The number of carbonyl (C=O) groups excluding carboxylic acids is 14. The Labute approximate surface area is 824 Å². The lowest BCUT2D eigenvalue weighted by Gasteiger charge is -2.38. The van der Waals surface area contributed by atoms with E-state index < -0.39 is 239 Å². The summed E-state index contributed by atoms with van der Waals surface area (Å²) in [6.45, 7) is 27.7. The van der Waals surface area contributed by atoms with E-state index in [1.807, 2.05) is 7.05 Å². The van der Waals surface area contributed by atoms with Gasteiger partial charge in [0.05, 0.1) is 65.2 Å². The smallest absolute Gasteiger partial charge is 0.312 e. The maximum Gasteiger partial charge on any atom is 0.312 e. The van der Waals surface area contributed by atoms with Crippen LogP contribution in [0.5, 0.6) is 23.0 Å². The van der Waals surface area contributed by atoms with Crippen molar-refractivity contribution >= 4 is 105 Å². The van der Waals surface area contributed by atoms with E-state index in [2.05, 4.69) is 87.7 Å². The lowest BCUT2D eigenvalue weighted by molar-refractivity contribution is -0.160. The predicted octanol–water partition coefficient (Wildman–Crippen LogP) is -1.11. The predicted molar refractivity (Wildman–Crippen MR) is 526 cm³/mol. The zero-order valence-electron chi connectivity index (χ0n) is 84.7. The quantitative estimate of drug-likeness (QED) is 0.0132. The van der Waals surface area contributed by atoms with Gasteiger partial charge in [-0.3, -0.25) is 72.1 Å². The molecule has 45 heteroatoms. The molecule has 12 amide bonds. The molecule has 0 aliphatic carbocycles. The van der Waals surface area contributed by atoms with Gasteiger partial charge in [0, 0.05) is 100 Å². The summed E-state index contributed by atoms with van der Waals surface area (Å²) in [5.41, 5.74) is 28.9. The number of hydrazone groups is 1. The van der Waals surface area contributed by atoms with Crippen molar-refractivity contribution in [1.29, 1.82) is 0 Å². The van der Waals surface area contributed by atoms with E-state index in [-0.39, 0.29) is 140 Å². The van der Waals surface area contributed by atoms with Crippen LogP contribution in [0.25, 0.3) is 10.8 Å². The van der Waals surface area contributed by atoms with Crippen molar-refractivity contribution < 1.29 is 122 Å². The zero-order chi connectivity index (χ0) is 106. The van der Waals surface area contributed by atoms with Gasteiger partial charge in [-0.1, -0.05) is 107 Å². The van der Waals surface area contributed by atoms with Crippen LogP contribution in [0.4, 0.5) is 5.69 Å². The van der Waals surface area contributed by atoms with E-state index in [0.29, 0.717) is 25.4 Å². The summed E-state index contributed by atoms with van der Waals surface area (Å²) in [6, 6.07) is -14.5. The molecule has 22 atom stereocenters. The normalized spacial score (nSPS) is 27.0. The van der Waals surface area contributed by atoms with E-state index in [9.17, 15) is 103 Å². The molecule has 5 aliphatic heterocycles. The van der Waals surface area contributed by atoms with Gasteiger partial charge >= 0.3 is 11.8 Å². The number of anilines is 1. The number of benzene rings is 2. The Morgan fingerprint density at radius 2 is 1.16 bits per heavy atom. The van der Waals surface area contributed by atoms with Gasteiger partial charge in [0.2, 0.25) is 65.0 Å². The molecule has 0 spiro atoms. The highest BCUT2D eigenvalue weighted by Crippen LogP contribution is 2.55. The van der Waals surface area contributed by atoms with Gasteiger partial charge < -0.3 is 152 Å². The van der Waals surface area contributed by atoms with Crippen LogP contribution in [-0.4, -0.2) is 317 Å². The molecule has 29 N–H and O–H groups in total. The molecular weight excluding hydrogens is 1830 g/mol. The molecule has 2 aromatic rings. The maximum absolute atomic E-state index is 14.4. The van der Waals surface area contributed by atoms with Crippen LogP contribution in [0.2, 0.25) is 0 Å². The van der Waals surface area contributed by atoms with E-state index in [1.54, 1.807) is 72.6 Å². The minimum atomic E-state index is -2.04. The molecule has 5 aliphatic rings. The van der Waals surface area contributed by atoms with Crippen LogP contribution in [0.3, 0.4) is 0 Å². The topological polar surface area (TPSA) is 711 Å². The summed E-state index contributed by atoms with van der Waals surface area (Å²) in [7, 11) is 3.42. The number of nitrogens with one attached hydrogen (secondary N) is 12. The average Bonchev–Trinajstić information content (AvgIpc) is 1.58. The number of piperazine rings is 1. The second-order valence-corrected chi connectivity index (χ2v) is 38.1. The number of allylic oxidation sites excluding steroid dienone is 2. The minimum Gasteiger partial charge on any atom is -0.507 e. The number of phenols is 3. The minimum absolute atomic E-state index is 0.0131. The van der Waals surface area contributed by atoms with Crippen LogP contribution in [0.1, 0.15) is 209 Å². The second kappa shape index (κ2) is 57.7. The standard InChI is InChI=1S/C53H100N16O13.C43H58N4O12/c1-9-30(6)12-10-11-13-41(72)60-33(14-20-54)48(77)69-43(32(8)71)53(82)65-36(17-23-57)45(74)64-38-19-25-59-52(81)42(31(7)70)68-49(78)37(18-24-58)62-44(73)34(15-21-55)63-50(79)39(26-28(2)3)67-51(80)40(27-29(4)5)66-46(75)35(16-22-56)61-47(38)76;1-21-12-11-13-22(2)42(55)45-33-28(20-44-47-17-15-46(9)16-18-47)37(52)30-31(38(33)53)36(51)26(6)40-32(30)41(54)43(8,59-40)57-19-14-29(56-10)23(3)39(58-27(7)48)25(5)35(50)24(4)34(21)49/h28-40,42-43,70-71H,9-27,54-58H2,1-8H3,(H,59,81)(H,60,72)(H,61,76)(H,62,73)(H,63,79)(H,64,74)(H,65,82)(H,66,75)(H,67,80)(H,68,78)(H,69,77);11-14,19-21,23-25,29,34-35,39,49-53H,15-18H2,1-10H3,(H,45,55)/b;12-11+,19-14+,22-13-,44-20-/t30?,31-,32-,33+,34+,35+,36+,37+,38+,39+,40-,42+,43+;21-,23-,24-,25-,29+,34+,35+,39-,43+/m11/s1. The van der Waals surface area contributed by atoms with Gasteiger partial charge in [-0.2, -0.15) is 5.10 Å². The van der Waals surface area contributed by atoms with Crippen LogP contribution < -0.4 is 97.2 Å². The molecule has 1 unspecified atom stereocenters. The number of methoxy groups -OCH3 is 1. The van der Waals surface area contributed by atoms with Crippen molar-refractivity contribution in [2.75, 3.05) is 84.9 Å². The van der Waals surface area contributed by atoms with Gasteiger partial charge in [-0.05, 0) is 149 Å². The largest absolute Gasteiger partial charge is 0.507 e. The number of carbonyl (C=O) groups is 14. The van der Waals surface area contributed by atoms with Crippen LogP contribution in [0, 0.1) is 48.3 Å². The van der Waals surface area contributed by atoms with Crippen LogP contribution in [0.15, 0.2) is 41.2 Å². The number of hydrogen-bond acceptors (Lipinski definition) is 33. The van der Waals surface area contributed by atoms with E-state index in [1.165, 1.54) is 73.3 Å². The van der Waals surface area contributed by atoms with Crippen molar-refractivity contribution in [3.05, 3.63) is 52.8 Å². The third-order valence-corrected chi connectivity index (χ3v) is 25.5. The zero-order valence-corrected chi connectivity index (χ0v) is 84.7. The molecule has 0 saturated carbocycles. The van der Waals surface area contributed by atoms with Crippen molar-refractivity contribution in [3.63, 3.8) is 0 Å². The summed E-state index contributed by atoms with van der Waals surface area (Å²) in [6.07, 6.45) is 4.10. The van der Waals surface area contributed by atoms with E-state index >= 15 is 0 Å². The first kappa shape index (κ1) is 120. The Hall–Kier alpha value is -11.3. The summed E-state index contributed by atoms with van der Waals surface area (Å²) in [5.74, 6) is -17.8. The van der Waals surface area contributed by atoms with Gasteiger partial charge in [-0.25, -0.2) is 0 Å². The first-order valence-electron chi connectivity index (χ1n) is 48.6.